The first-order valence-corrected chi connectivity index (χ1v) is 14.5. The maximum Gasteiger partial charge on any atom is 0.354 e. The van der Waals surface area contributed by atoms with Gasteiger partial charge in [0, 0.05) is 52.6 Å². The number of anilines is 1. The average Bonchev–Trinajstić information content (AvgIpc) is 3.19. The van der Waals surface area contributed by atoms with Crippen LogP contribution in [0.4, 0.5) is 14.5 Å². The van der Waals surface area contributed by atoms with E-state index in [9.17, 15) is 23.5 Å². The number of carboxylic acid groups (broad SMARTS) is 1. The smallest absolute Gasteiger partial charge is 0.354 e. The monoisotopic (exact) mass is 597 g/mol. The van der Waals surface area contributed by atoms with Crippen LogP contribution in [0.2, 0.25) is 5.02 Å². The number of aromatic carboxylic acids is 1. The zero-order valence-electron chi connectivity index (χ0n) is 23.3. The van der Waals surface area contributed by atoms with E-state index >= 15 is 0 Å². The van der Waals surface area contributed by atoms with Crippen molar-refractivity contribution in [2.75, 3.05) is 5.32 Å². The van der Waals surface area contributed by atoms with E-state index in [0.717, 1.165) is 30.9 Å². The fourth-order valence-corrected chi connectivity index (χ4v) is 8.43. The Kier molecular flexibility index (Phi) is 7.75. The summed E-state index contributed by atoms with van der Waals surface area (Å²) in [5.41, 5.74) is 1.91. The van der Waals surface area contributed by atoms with Crippen LogP contribution in [0.25, 0.3) is 22.0 Å². The first-order valence-electron chi connectivity index (χ1n) is 14.1. The first-order chi connectivity index (χ1) is 19.7. The van der Waals surface area contributed by atoms with Crippen LogP contribution < -0.4 is 5.32 Å². The SMILES string of the molecule is O=C(O)c1c(NC(=O)C23CC4CC(CC(C4)C2)C3)c2ccc(-c3cc(F)cc(F)c3)cc2n1Cc1cccc(Cl)c1.[Na]. The number of carbonyl (C=O) groups is 2. The van der Waals surface area contributed by atoms with Crippen molar-refractivity contribution in [1.29, 1.82) is 0 Å². The van der Waals surface area contributed by atoms with E-state index in [1.54, 1.807) is 41.0 Å². The molecule has 42 heavy (non-hydrogen) atoms. The van der Waals surface area contributed by atoms with Crippen LogP contribution in [-0.2, 0) is 11.3 Å². The van der Waals surface area contributed by atoms with Gasteiger partial charge in [0.05, 0.1) is 16.6 Å². The molecular formula is C33H29ClF2N2NaO3. The van der Waals surface area contributed by atoms with Crippen LogP contribution >= 0.6 is 11.6 Å². The van der Waals surface area contributed by atoms with Crippen molar-refractivity contribution in [3.05, 3.63) is 88.6 Å². The summed E-state index contributed by atoms with van der Waals surface area (Å²) in [6.45, 7) is 0.174. The second-order valence-electron chi connectivity index (χ2n) is 12.3. The molecule has 4 aromatic rings. The number of hydrogen-bond donors (Lipinski definition) is 2. The maximum absolute atomic E-state index is 14.1. The van der Waals surface area contributed by atoms with E-state index in [1.165, 1.54) is 31.4 Å². The molecule has 9 heteroatoms. The van der Waals surface area contributed by atoms with Crippen LogP contribution in [0, 0.1) is 34.8 Å². The molecule has 4 aliphatic rings. The Morgan fingerprint density at radius 2 is 1.55 bits per heavy atom. The van der Waals surface area contributed by atoms with Gasteiger partial charge in [0.1, 0.15) is 11.6 Å². The van der Waals surface area contributed by atoms with Crippen LogP contribution in [0.1, 0.15) is 54.6 Å². The molecule has 1 heterocycles. The largest absolute Gasteiger partial charge is 0.477 e. The van der Waals surface area contributed by atoms with Crippen molar-refractivity contribution < 1.29 is 23.5 Å². The molecule has 3 aromatic carbocycles. The van der Waals surface area contributed by atoms with E-state index in [1.807, 2.05) is 6.07 Å². The Morgan fingerprint density at radius 1 is 0.905 bits per heavy atom. The molecule has 8 rings (SSSR count). The zero-order valence-corrected chi connectivity index (χ0v) is 26.1. The summed E-state index contributed by atoms with van der Waals surface area (Å²) >= 11 is 6.24. The molecule has 1 amide bonds. The van der Waals surface area contributed by atoms with Crippen molar-refractivity contribution in [2.45, 2.75) is 45.1 Å². The number of nitrogens with zero attached hydrogens (tertiary/aromatic N) is 1. The van der Waals surface area contributed by atoms with Gasteiger partial charge in [0.2, 0.25) is 5.91 Å². The second-order valence-corrected chi connectivity index (χ2v) is 12.7. The van der Waals surface area contributed by atoms with Gasteiger partial charge in [-0.1, -0.05) is 35.9 Å². The number of carbonyl (C=O) groups excluding carboxylic acids is 1. The van der Waals surface area contributed by atoms with Crippen LogP contribution in [0.3, 0.4) is 0 Å². The van der Waals surface area contributed by atoms with Gasteiger partial charge in [-0.25, -0.2) is 13.6 Å². The minimum atomic E-state index is -1.18. The third-order valence-corrected chi connectivity index (χ3v) is 9.69. The summed E-state index contributed by atoms with van der Waals surface area (Å²) in [5, 5.41) is 14.7. The van der Waals surface area contributed by atoms with E-state index in [-0.39, 0.29) is 53.4 Å². The molecule has 4 fully saturated rings. The Morgan fingerprint density at radius 3 is 2.14 bits per heavy atom. The third kappa shape index (κ3) is 5.19. The molecule has 211 valence electrons. The molecule has 4 bridgehead atoms. The predicted octanol–water partition coefficient (Wildman–Crippen LogP) is 7.76. The number of fused-ring (bicyclic) bond motifs is 1. The van der Waals surface area contributed by atoms with Crippen molar-refractivity contribution in [3.8, 4) is 11.1 Å². The zero-order chi connectivity index (χ0) is 28.5. The summed E-state index contributed by atoms with van der Waals surface area (Å²) in [5.74, 6) is -1.01. The number of hydrogen-bond acceptors (Lipinski definition) is 2. The minimum absolute atomic E-state index is 0. The summed E-state index contributed by atoms with van der Waals surface area (Å²) in [7, 11) is 0. The standard InChI is InChI=1S/C33H29ClF2N2O3.Na/c34-24-3-1-2-18(9-24)17-38-28-12-22(23-10-25(35)13-26(36)11-23)4-5-27(28)29(30(38)31(39)40)37-32(41)33-14-19-6-20(15-33)8-21(7-19)16-33;/h1-5,9-13,19-21H,6-8,14-17H2,(H,37,41)(H,39,40);. The molecule has 2 N–H and O–H groups in total. The molecule has 5 nitrogen and oxygen atoms in total. The molecule has 0 unspecified atom stereocenters. The van der Waals surface area contributed by atoms with E-state index in [2.05, 4.69) is 5.32 Å². The van der Waals surface area contributed by atoms with Crippen LogP contribution in [-0.4, -0.2) is 51.1 Å². The number of halogens is 3. The Hall–Kier alpha value is -2.71. The number of rotatable bonds is 6. The average molecular weight is 598 g/mol. The second kappa shape index (κ2) is 11.1. The van der Waals surface area contributed by atoms with Gasteiger partial charge in [0.15, 0.2) is 5.69 Å². The van der Waals surface area contributed by atoms with Gasteiger partial charge in [-0.05, 0) is 103 Å². The van der Waals surface area contributed by atoms with Gasteiger partial charge >= 0.3 is 5.97 Å². The summed E-state index contributed by atoms with van der Waals surface area (Å²) in [4.78, 5) is 26.9. The van der Waals surface area contributed by atoms with E-state index in [0.29, 0.717) is 44.8 Å². The molecule has 0 spiro atoms. The van der Waals surface area contributed by atoms with Crippen molar-refractivity contribution in [3.63, 3.8) is 0 Å². The first kappa shape index (κ1) is 29.4. The van der Waals surface area contributed by atoms with Crippen LogP contribution in [0.15, 0.2) is 60.7 Å². The molecule has 0 atom stereocenters. The van der Waals surface area contributed by atoms with Crippen molar-refractivity contribution in [1.82, 2.24) is 4.57 Å². The van der Waals surface area contributed by atoms with Gasteiger partial charge in [-0.3, -0.25) is 4.79 Å². The molecular weight excluding hydrogens is 569 g/mol. The summed E-state index contributed by atoms with van der Waals surface area (Å²) in [6, 6.07) is 15.6. The number of nitrogens with one attached hydrogen (secondary N) is 1. The molecule has 0 aliphatic heterocycles. The third-order valence-electron chi connectivity index (χ3n) is 9.45. The fraction of sp³-hybridized carbons (Fsp3) is 0.333. The molecule has 4 aliphatic carbocycles. The van der Waals surface area contributed by atoms with Crippen LogP contribution in [0.5, 0.6) is 0 Å². The van der Waals surface area contributed by atoms with E-state index < -0.39 is 23.0 Å². The molecule has 1 radical (unpaired) electrons. The topological polar surface area (TPSA) is 71.3 Å². The molecule has 1 aromatic heterocycles. The Bertz CT molecular complexity index is 1680. The summed E-state index contributed by atoms with van der Waals surface area (Å²) in [6.07, 6.45) is 6.12. The molecule has 0 saturated heterocycles. The maximum atomic E-state index is 14.1. The van der Waals surface area contributed by atoms with E-state index in [4.69, 9.17) is 11.6 Å². The fourth-order valence-electron chi connectivity index (χ4n) is 8.22. The van der Waals surface area contributed by atoms with Gasteiger partial charge < -0.3 is 15.0 Å². The number of benzene rings is 3. The summed E-state index contributed by atoms with van der Waals surface area (Å²) < 4.78 is 29.8. The van der Waals surface area contributed by atoms with Gasteiger partial charge in [-0.15, -0.1) is 0 Å². The quantitative estimate of drug-likeness (QED) is 0.223. The van der Waals surface area contributed by atoms with Crippen molar-refractivity contribution in [2.24, 2.45) is 23.2 Å². The number of amides is 1. The van der Waals surface area contributed by atoms with Crippen molar-refractivity contribution >= 4 is 69.6 Å². The number of aromatic nitrogens is 1. The normalized spacial score (nSPS) is 24.0. The molecule has 4 saturated carbocycles. The minimum Gasteiger partial charge on any atom is -0.477 e. The number of carboxylic acids is 1. The van der Waals surface area contributed by atoms with Gasteiger partial charge in [0.25, 0.3) is 0 Å². The Labute approximate surface area is 269 Å². The Balaban J connectivity index is 0.00000316. The van der Waals surface area contributed by atoms with Gasteiger partial charge in [-0.2, -0.15) is 0 Å². The predicted molar refractivity (Wildman–Crippen MR) is 160 cm³/mol.